The molecule has 0 aromatic carbocycles. The number of nitrogen functional groups attached to an aromatic ring is 1. The molecule has 0 saturated heterocycles. The molecule has 7 nitrogen and oxygen atoms in total. The molecular formula is C12H15N5O2. The maximum atomic E-state index is 10.7. The van der Waals surface area contributed by atoms with Gasteiger partial charge < -0.3 is 16.2 Å². The van der Waals surface area contributed by atoms with E-state index < -0.39 is 5.97 Å². The Morgan fingerprint density at radius 2 is 2.37 bits per heavy atom. The molecule has 2 aromatic heterocycles. The highest BCUT2D eigenvalue weighted by Crippen LogP contribution is 2.16. The lowest BCUT2D eigenvalue weighted by atomic mass is 10.2. The normalized spacial score (nSPS) is 10.4. The molecule has 7 heteroatoms. The van der Waals surface area contributed by atoms with Gasteiger partial charge in [0.1, 0.15) is 5.82 Å². The number of aryl methyl sites for hydroxylation is 1. The first-order chi connectivity index (χ1) is 9.08. The third-order valence-corrected chi connectivity index (χ3v) is 2.76. The van der Waals surface area contributed by atoms with E-state index in [9.17, 15) is 4.79 Å². The zero-order chi connectivity index (χ0) is 13.8. The van der Waals surface area contributed by atoms with Gasteiger partial charge in [-0.05, 0) is 12.1 Å². The second kappa shape index (κ2) is 5.38. The van der Waals surface area contributed by atoms with E-state index in [0.717, 1.165) is 12.1 Å². The van der Waals surface area contributed by atoms with Gasteiger partial charge in [-0.1, -0.05) is 0 Å². The fourth-order valence-electron chi connectivity index (χ4n) is 1.70. The van der Waals surface area contributed by atoms with Crippen LogP contribution in [0.5, 0.6) is 0 Å². The lowest BCUT2D eigenvalue weighted by molar-refractivity contribution is 0.0696. The molecule has 0 saturated carbocycles. The van der Waals surface area contributed by atoms with E-state index in [4.69, 9.17) is 10.8 Å². The Bertz CT molecular complexity index is 594. The van der Waals surface area contributed by atoms with Crippen LogP contribution in [0.2, 0.25) is 0 Å². The minimum atomic E-state index is -1.04. The van der Waals surface area contributed by atoms with E-state index in [1.165, 1.54) is 12.3 Å². The lowest BCUT2D eigenvalue weighted by Crippen LogP contribution is -2.11. The third-order valence-electron chi connectivity index (χ3n) is 2.76. The molecule has 0 fully saturated rings. The van der Waals surface area contributed by atoms with E-state index in [2.05, 4.69) is 15.4 Å². The molecule has 4 N–H and O–H groups in total. The minimum absolute atomic E-state index is 0.0784. The number of carboxylic acid groups (broad SMARTS) is 1. The Kier molecular flexibility index (Phi) is 3.65. The summed E-state index contributed by atoms with van der Waals surface area (Å²) in [6.45, 7) is 0.642. The molecule has 2 heterocycles. The molecule has 0 aliphatic carbocycles. The second-order valence-corrected chi connectivity index (χ2v) is 4.09. The van der Waals surface area contributed by atoms with Gasteiger partial charge in [-0.3, -0.25) is 4.68 Å². The number of aromatic carboxylic acids is 1. The molecule has 2 rings (SSSR count). The number of rotatable bonds is 5. The Labute approximate surface area is 110 Å². The van der Waals surface area contributed by atoms with Crippen LogP contribution in [-0.4, -0.2) is 32.4 Å². The molecule has 0 radical (unpaired) electrons. The van der Waals surface area contributed by atoms with Crippen LogP contribution in [0.15, 0.2) is 24.5 Å². The van der Waals surface area contributed by atoms with E-state index in [1.54, 1.807) is 10.9 Å². The summed E-state index contributed by atoms with van der Waals surface area (Å²) in [4.78, 5) is 14.7. The molecule has 2 aromatic rings. The largest absolute Gasteiger partial charge is 0.478 e. The van der Waals surface area contributed by atoms with Gasteiger partial charge in [-0.25, -0.2) is 9.78 Å². The summed E-state index contributed by atoms with van der Waals surface area (Å²) in [5, 5.41) is 16.0. The van der Waals surface area contributed by atoms with Crippen molar-refractivity contribution in [1.82, 2.24) is 14.8 Å². The molecule has 0 spiro atoms. The highest BCUT2D eigenvalue weighted by atomic mass is 16.4. The molecule has 19 heavy (non-hydrogen) atoms. The van der Waals surface area contributed by atoms with Crippen molar-refractivity contribution in [2.75, 3.05) is 17.6 Å². The van der Waals surface area contributed by atoms with Crippen molar-refractivity contribution in [3.63, 3.8) is 0 Å². The van der Waals surface area contributed by atoms with Gasteiger partial charge in [0.15, 0.2) is 0 Å². The molecule has 0 amide bonds. The Morgan fingerprint density at radius 1 is 1.58 bits per heavy atom. The number of anilines is 2. The summed E-state index contributed by atoms with van der Waals surface area (Å²) in [6, 6.07) is 3.33. The van der Waals surface area contributed by atoms with Crippen molar-refractivity contribution in [2.24, 2.45) is 7.05 Å². The molecular weight excluding hydrogens is 246 g/mol. The summed E-state index contributed by atoms with van der Waals surface area (Å²) in [5.41, 5.74) is 7.24. The second-order valence-electron chi connectivity index (χ2n) is 4.09. The number of nitrogens with zero attached hydrogens (tertiary/aromatic N) is 3. The number of nitrogens with one attached hydrogen (secondary N) is 1. The molecule has 0 atom stereocenters. The van der Waals surface area contributed by atoms with Crippen molar-refractivity contribution < 1.29 is 9.90 Å². The smallest absolute Gasteiger partial charge is 0.337 e. The fraction of sp³-hybridized carbons (Fsp3) is 0.250. The first-order valence-electron chi connectivity index (χ1n) is 5.77. The summed E-state index contributed by atoms with van der Waals surface area (Å²) < 4.78 is 1.80. The van der Waals surface area contributed by atoms with Gasteiger partial charge in [0.2, 0.25) is 0 Å². The maximum Gasteiger partial charge on any atom is 0.337 e. The molecule has 0 aliphatic rings. The van der Waals surface area contributed by atoms with Crippen LogP contribution in [0.1, 0.15) is 16.1 Å². The summed E-state index contributed by atoms with van der Waals surface area (Å²) in [7, 11) is 1.88. The molecule has 0 unspecified atom stereocenters. The SMILES string of the molecule is Cn1nccc1CCNc1ncc(C(=O)O)cc1N. The molecule has 0 bridgehead atoms. The monoisotopic (exact) mass is 261 g/mol. The predicted octanol–water partition coefficient (Wildman–Crippen LogP) is 0.750. The number of carboxylic acids is 1. The lowest BCUT2D eigenvalue weighted by Gasteiger charge is -2.08. The van der Waals surface area contributed by atoms with Crippen LogP contribution < -0.4 is 11.1 Å². The van der Waals surface area contributed by atoms with Crippen molar-refractivity contribution in [2.45, 2.75) is 6.42 Å². The van der Waals surface area contributed by atoms with E-state index in [-0.39, 0.29) is 5.56 Å². The topological polar surface area (TPSA) is 106 Å². The van der Waals surface area contributed by atoms with Crippen LogP contribution >= 0.6 is 0 Å². The van der Waals surface area contributed by atoms with Crippen molar-refractivity contribution in [3.05, 3.63) is 35.8 Å². The summed E-state index contributed by atoms with van der Waals surface area (Å²) in [5.74, 6) is -0.548. The van der Waals surface area contributed by atoms with Crippen molar-refractivity contribution >= 4 is 17.5 Å². The van der Waals surface area contributed by atoms with Gasteiger partial charge in [-0.15, -0.1) is 0 Å². The van der Waals surface area contributed by atoms with Crippen LogP contribution in [0.3, 0.4) is 0 Å². The van der Waals surface area contributed by atoms with E-state index in [0.29, 0.717) is 18.1 Å². The molecule has 0 aliphatic heterocycles. The minimum Gasteiger partial charge on any atom is -0.478 e. The number of pyridine rings is 1. The first-order valence-corrected chi connectivity index (χ1v) is 5.77. The van der Waals surface area contributed by atoms with E-state index in [1.807, 2.05) is 13.1 Å². The van der Waals surface area contributed by atoms with Gasteiger partial charge in [0.25, 0.3) is 0 Å². The van der Waals surface area contributed by atoms with Gasteiger partial charge in [0.05, 0.1) is 11.3 Å². The number of hydrogen-bond donors (Lipinski definition) is 3. The third kappa shape index (κ3) is 3.01. The van der Waals surface area contributed by atoms with Gasteiger partial charge in [0, 0.05) is 38.1 Å². The fourth-order valence-corrected chi connectivity index (χ4v) is 1.70. The van der Waals surface area contributed by atoms with Gasteiger partial charge in [-0.2, -0.15) is 5.10 Å². The first kappa shape index (κ1) is 12.9. The number of carbonyl (C=O) groups is 1. The number of aromatic nitrogens is 3. The van der Waals surface area contributed by atoms with E-state index >= 15 is 0 Å². The summed E-state index contributed by atoms with van der Waals surface area (Å²) >= 11 is 0. The average molecular weight is 261 g/mol. The van der Waals surface area contributed by atoms with Crippen LogP contribution in [-0.2, 0) is 13.5 Å². The van der Waals surface area contributed by atoms with Crippen LogP contribution in [0, 0.1) is 0 Å². The Balaban J connectivity index is 1.96. The zero-order valence-electron chi connectivity index (χ0n) is 10.5. The predicted molar refractivity (Wildman–Crippen MR) is 71.0 cm³/mol. The summed E-state index contributed by atoms with van der Waals surface area (Å²) in [6.07, 6.45) is 3.80. The Hall–Kier alpha value is -2.57. The highest BCUT2D eigenvalue weighted by Gasteiger charge is 2.07. The number of nitrogens with two attached hydrogens (primary N) is 1. The van der Waals surface area contributed by atoms with Crippen molar-refractivity contribution in [3.8, 4) is 0 Å². The van der Waals surface area contributed by atoms with Crippen LogP contribution in [0.25, 0.3) is 0 Å². The number of hydrogen-bond acceptors (Lipinski definition) is 5. The zero-order valence-corrected chi connectivity index (χ0v) is 10.5. The molecule has 100 valence electrons. The highest BCUT2D eigenvalue weighted by molar-refractivity contribution is 5.89. The maximum absolute atomic E-state index is 10.7. The average Bonchev–Trinajstić information content (AvgIpc) is 2.77. The standard InChI is InChI=1S/C12H15N5O2/c1-17-9(3-5-16-17)2-4-14-11-10(13)6-8(7-15-11)12(18)19/h3,5-7H,2,4,13H2,1H3,(H,14,15)(H,18,19). The van der Waals surface area contributed by atoms with Gasteiger partial charge >= 0.3 is 5.97 Å². The quantitative estimate of drug-likeness (QED) is 0.733. The van der Waals surface area contributed by atoms with Crippen LogP contribution in [0.4, 0.5) is 11.5 Å². The van der Waals surface area contributed by atoms with Crippen molar-refractivity contribution in [1.29, 1.82) is 0 Å². The Morgan fingerprint density at radius 3 is 2.95 bits per heavy atom.